The van der Waals surface area contributed by atoms with Gasteiger partial charge >= 0.3 is 0 Å². The highest BCUT2D eigenvalue weighted by Gasteiger charge is 2.54. The number of nitrogens with two attached hydrogens (primary N) is 2. The van der Waals surface area contributed by atoms with Crippen LogP contribution in [-0.4, -0.2) is 16.6 Å². The number of ether oxygens (including phenoxy) is 1. The van der Waals surface area contributed by atoms with Gasteiger partial charge in [0.15, 0.2) is 0 Å². The predicted molar refractivity (Wildman–Crippen MR) is 92.0 cm³/mol. The normalized spacial score (nSPS) is 28.3. The Kier molecular flexibility index (Phi) is 3.15. The van der Waals surface area contributed by atoms with Crippen molar-refractivity contribution in [3.8, 4) is 5.75 Å². The molecule has 5 heteroatoms. The van der Waals surface area contributed by atoms with Crippen molar-refractivity contribution in [2.75, 3.05) is 18.1 Å². The molecule has 0 spiro atoms. The summed E-state index contributed by atoms with van der Waals surface area (Å²) in [5.41, 5.74) is 12.9. The minimum Gasteiger partial charge on any atom is -0.492 e. The third kappa shape index (κ3) is 2.21. The van der Waals surface area contributed by atoms with Crippen LogP contribution in [0.5, 0.6) is 5.75 Å². The average Bonchev–Trinajstić information content (AvgIpc) is 2.52. The van der Waals surface area contributed by atoms with E-state index in [-0.39, 0.29) is 5.95 Å². The Morgan fingerprint density at radius 3 is 2.78 bits per heavy atom. The highest BCUT2D eigenvalue weighted by molar-refractivity contribution is 5.94. The summed E-state index contributed by atoms with van der Waals surface area (Å²) < 4.78 is 6.17. The van der Waals surface area contributed by atoms with Crippen LogP contribution in [0.4, 0.5) is 11.8 Å². The average molecular weight is 312 g/mol. The van der Waals surface area contributed by atoms with E-state index in [1.165, 1.54) is 19.3 Å². The Balaban J connectivity index is 1.57. The van der Waals surface area contributed by atoms with Gasteiger partial charge < -0.3 is 16.2 Å². The fourth-order valence-electron chi connectivity index (χ4n) is 4.68. The van der Waals surface area contributed by atoms with Crippen molar-refractivity contribution in [2.24, 2.45) is 23.2 Å². The second-order valence-corrected chi connectivity index (χ2v) is 7.63. The van der Waals surface area contributed by atoms with Crippen LogP contribution in [0.1, 0.15) is 33.1 Å². The van der Waals surface area contributed by atoms with Crippen molar-refractivity contribution in [1.29, 1.82) is 0 Å². The first-order valence-corrected chi connectivity index (χ1v) is 8.41. The molecule has 5 nitrogen and oxygen atoms in total. The molecule has 3 atom stereocenters. The molecule has 0 saturated heterocycles. The molecule has 0 radical (unpaired) electrons. The van der Waals surface area contributed by atoms with Crippen molar-refractivity contribution in [3.05, 3.63) is 18.2 Å². The van der Waals surface area contributed by atoms with Crippen LogP contribution in [0.2, 0.25) is 0 Å². The van der Waals surface area contributed by atoms with Gasteiger partial charge in [-0.05, 0) is 54.6 Å². The van der Waals surface area contributed by atoms with Gasteiger partial charge in [-0.1, -0.05) is 19.9 Å². The molecule has 1 aromatic heterocycles. The number of hydrogen-bond donors (Lipinski definition) is 2. The van der Waals surface area contributed by atoms with Crippen LogP contribution in [0.15, 0.2) is 18.2 Å². The highest BCUT2D eigenvalue weighted by Crippen LogP contribution is 2.61. The molecule has 122 valence electrons. The lowest BCUT2D eigenvalue weighted by Crippen LogP contribution is -2.53. The highest BCUT2D eigenvalue weighted by atomic mass is 16.5. The molecule has 1 heterocycles. The Bertz CT molecular complexity index is 756. The van der Waals surface area contributed by atoms with Gasteiger partial charge in [-0.3, -0.25) is 0 Å². The van der Waals surface area contributed by atoms with E-state index in [1.54, 1.807) is 0 Å². The number of fused-ring (bicyclic) bond motifs is 3. The molecule has 2 aromatic rings. The van der Waals surface area contributed by atoms with Crippen LogP contribution in [0.25, 0.3) is 10.9 Å². The summed E-state index contributed by atoms with van der Waals surface area (Å²) in [6.07, 6.45) is 3.95. The summed E-state index contributed by atoms with van der Waals surface area (Å²) in [5, 5.41) is 0.767. The molecular formula is C18H24N4O. The molecule has 3 aliphatic rings. The van der Waals surface area contributed by atoms with E-state index in [1.807, 2.05) is 18.2 Å². The second kappa shape index (κ2) is 4.98. The molecule has 23 heavy (non-hydrogen) atoms. The van der Waals surface area contributed by atoms with Gasteiger partial charge in [0.05, 0.1) is 17.5 Å². The fraction of sp³-hybridized carbons (Fsp3) is 0.556. The standard InChI is InChI=1S/C18H24N4O/c1-18(2)11-7-6-10(12(18)8-11)9-23-14-5-3-4-13-15(14)16(19)22-17(20)21-13/h3-5,10-12H,6-9H2,1-2H3,(H4,19,20,21,22)/t10?,11?,12-/m1/s1. The molecule has 2 unspecified atom stereocenters. The quantitative estimate of drug-likeness (QED) is 0.908. The SMILES string of the molecule is CC1(C)C2CCC(COc3cccc4nc(N)nc(N)c34)[C@H]1C2. The molecule has 0 aliphatic heterocycles. The van der Waals surface area contributed by atoms with Crippen LogP contribution >= 0.6 is 0 Å². The fourth-order valence-corrected chi connectivity index (χ4v) is 4.68. The summed E-state index contributed by atoms with van der Waals surface area (Å²) in [4.78, 5) is 8.31. The number of nitrogens with zero attached hydrogens (tertiary/aromatic N) is 2. The summed E-state index contributed by atoms with van der Waals surface area (Å²) >= 11 is 0. The van der Waals surface area contributed by atoms with Crippen molar-refractivity contribution in [2.45, 2.75) is 33.1 Å². The summed E-state index contributed by atoms with van der Waals surface area (Å²) in [6, 6.07) is 5.75. The van der Waals surface area contributed by atoms with E-state index in [9.17, 15) is 0 Å². The van der Waals surface area contributed by atoms with E-state index < -0.39 is 0 Å². The van der Waals surface area contributed by atoms with Gasteiger partial charge in [-0.15, -0.1) is 0 Å². The van der Waals surface area contributed by atoms with Gasteiger partial charge in [0, 0.05) is 0 Å². The molecular weight excluding hydrogens is 288 g/mol. The number of rotatable bonds is 3. The largest absolute Gasteiger partial charge is 0.492 e. The predicted octanol–water partition coefficient (Wildman–Crippen LogP) is 3.25. The zero-order chi connectivity index (χ0) is 16.2. The molecule has 3 fully saturated rings. The topological polar surface area (TPSA) is 87.0 Å². The Hall–Kier alpha value is -2.04. The number of aromatic nitrogens is 2. The molecule has 5 rings (SSSR count). The van der Waals surface area contributed by atoms with E-state index in [0.717, 1.165) is 35.1 Å². The third-order valence-electron chi connectivity index (χ3n) is 6.18. The lowest BCUT2D eigenvalue weighted by atomic mass is 9.46. The van der Waals surface area contributed by atoms with Gasteiger partial charge in [-0.25, -0.2) is 4.98 Å². The Labute approximate surface area is 136 Å². The number of anilines is 2. The monoisotopic (exact) mass is 312 g/mol. The summed E-state index contributed by atoms with van der Waals surface area (Å²) in [5.74, 6) is 3.66. The number of nitrogen functional groups attached to an aromatic ring is 2. The van der Waals surface area contributed by atoms with Gasteiger partial charge in [-0.2, -0.15) is 4.98 Å². The minimum atomic E-state index is 0.196. The van der Waals surface area contributed by atoms with Gasteiger partial charge in [0.25, 0.3) is 0 Å². The molecule has 2 bridgehead atoms. The first-order valence-electron chi connectivity index (χ1n) is 8.41. The van der Waals surface area contributed by atoms with Crippen LogP contribution in [0, 0.1) is 23.2 Å². The van der Waals surface area contributed by atoms with Crippen LogP contribution in [-0.2, 0) is 0 Å². The van der Waals surface area contributed by atoms with Gasteiger partial charge in [0.1, 0.15) is 11.6 Å². The molecule has 3 saturated carbocycles. The minimum absolute atomic E-state index is 0.196. The maximum atomic E-state index is 6.17. The van der Waals surface area contributed by atoms with Gasteiger partial charge in [0.2, 0.25) is 5.95 Å². The third-order valence-corrected chi connectivity index (χ3v) is 6.18. The number of hydrogen-bond acceptors (Lipinski definition) is 5. The van der Waals surface area contributed by atoms with Crippen molar-refractivity contribution >= 4 is 22.7 Å². The Morgan fingerprint density at radius 2 is 2.04 bits per heavy atom. The first kappa shape index (κ1) is 14.5. The molecule has 0 amide bonds. The zero-order valence-electron chi connectivity index (χ0n) is 13.7. The lowest BCUT2D eigenvalue weighted by Gasteiger charge is -2.60. The van der Waals surface area contributed by atoms with E-state index in [0.29, 0.717) is 17.2 Å². The van der Waals surface area contributed by atoms with Crippen molar-refractivity contribution in [3.63, 3.8) is 0 Å². The second-order valence-electron chi connectivity index (χ2n) is 7.63. The first-order chi connectivity index (χ1) is 11.0. The molecule has 3 aliphatic carbocycles. The summed E-state index contributed by atoms with van der Waals surface area (Å²) in [7, 11) is 0. The molecule has 1 aromatic carbocycles. The van der Waals surface area contributed by atoms with E-state index in [2.05, 4.69) is 23.8 Å². The zero-order valence-corrected chi connectivity index (χ0v) is 13.7. The smallest absolute Gasteiger partial charge is 0.222 e. The van der Waals surface area contributed by atoms with Crippen molar-refractivity contribution in [1.82, 2.24) is 9.97 Å². The van der Waals surface area contributed by atoms with E-state index >= 15 is 0 Å². The van der Waals surface area contributed by atoms with E-state index in [4.69, 9.17) is 16.2 Å². The maximum Gasteiger partial charge on any atom is 0.222 e. The maximum absolute atomic E-state index is 6.17. The Morgan fingerprint density at radius 1 is 1.22 bits per heavy atom. The summed E-state index contributed by atoms with van der Waals surface area (Å²) in [6.45, 7) is 5.55. The lowest BCUT2D eigenvalue weighted by molar-refractivity contribution is -0.114. The van der Waals surface area contributed by atoms with Crippen LogP contribution < -0.4 is 16.2 Å². The number of benzene rings is 1. The molecule has 4 N–H and O–H groups in total. The van der Waals surface area contributed by atoms with Crippen LogP contribution in [0.3, 0.4) is 0 Å². The van der Waals surface area contributed by atoms with Crippen molar-refractivity contribution < 1.29 is 4.74 Å².